The van der Waals surface area contributed by atoms with Crippen LogP contribution in [0.15, 0.2) is 53.0 Å². The molecule has 2 aromatic rings. The van der Waals surface area contributed by atoms with E-state index in [0.717, 1.165) is 10.9 Å². The lowest BCUT2D eigenvalue weighted by molar-refractivity contribution is -0.149. The van der Waals surface area contributed by atoms with Gasteiger partial charge in [0.1, 0.15) is 0 Å². The van der Waals surface area contributed by atoms with Crippen molar-refractivity contribution >= 4 is 33.6 Å². The van der Waals surface area contributed by atoms with Crippen LogP contribution in [-0.4, -0.2) is 42.3 Å². The van der Waals surface area contributed by atoms with Crippen molar-refractivity contribution < 1.29 is 19.1 Å². The Labute approximate surface area is 172 Å². The van der Waals surface area contributed by atoms with Crippen LogP contribution in [0.2, 0.25) is 0 Å². The van der Waals surface area contributed by atoms with Gasteiger partial charge in [-0.3, -0.25) is 14.4 Å². The van der Waals surface area contributed by atoms with E-state index < -0.39 is 0 Å². The van der Waals surface area contributed by atoms with Crippen LogP contribution in [0.25, 0.3) is 0 Å². The minimum atomic E-state index is -0.313. The first-order valence-corrected chi connectivity index (χ1v) is 10.2. The normalized spacial score (nSPS) is 16.5. The van der Waals surface area contributed by atoms with Gasteiger partial charge >= 0.3 is 5.97 Å². The highest BCUT2D eigenvalue weighted by molar-refractivity contribution is 9.10. The third kappa shape index (κ3) is 4.50. The van der Waals surface area contributed by atoms with Gasteiger partial charge < -0.3 is 9.64 Å². The van der Waals surface area contributed by atoms with Crippen LogP contribution in [-0.2, 0) is 9.53 Å². The SMILES string of the molecule is CCOC(=O)[C@@H]1CCCN(C(=O)c2ccccc2C(=O)c2ccc(Br)cc2)C1. The number of likely N-dealkylation sites (tertiary alicyclic amines) is 1. The zero-order valence-corrected chi connectivity index (χ0v) is 17.3. The van der Waals surface area contributed by atoms with Crippen molar-refractivity contribution in [3.8, 4) is 0 Å². The van der Waals surface area contributed by atoms with Crippen molar-refractivity contribution in [3.63, 3.8) is 0 Å². The molecule has 1 aliphatic rings. The van der Waals surface area contributed by atoms with Crippen LogP contribution in [0, 0.1) is 5.92 Å². The summed E-state index contributed by atoms with van der Waals surface area (Å²) < 4.78 is 5.99. The zero-order chi connectivity index (χ0) is 20.1. The number of benzene rings is 2. The Balaban J connectivity index is 1.83. The van der Waals surface area contributed by atoms with Gasteiger partial charge in [0, 0.05) is 28.7 Å². The fourth-order valence-corrected chi connectivity index (χ4v) is 3.67. The average molecular weight is 444 g/mol. The monoisotopic (exact) mass is 443 g/mol. The van der Waals surface area contributed by atoms with Crippen molar-refractivity contribution in [3.05, 3.63) is 69.7 Å². The standard InChI is InChI=1S/C22H22BrNO4/c1-2-28-22(27)16-6-5-13-24(14-16)21(26)19-8-4-3-7-18(19)20(25)15-9-11-17(23)12-10-15/h3-4,7-12,16H,2,5-6,13-14H2,1H3/t16-/m1/s1. The van der Waals surface area contributed by atoms with Crippen LogP contribution in [0.5, 0.6) is 0 Å². The second kappa shape index (κ2) is 9.15. The summed E-state index contributed by atoms with van der Waals surface area (Å²) in [5.74, 6) is -1.00. The molecule has 0 bridgehead atoms. The highest BCUT2D eigenvalue weighted by Gasteiger charge is 2.31. The number of halogens is 1. The molecule has 1 atom stereocenters. The van der Waals surface area contributed by atoms with E-state index >= 15 is 0 Å². The maximum absolute atomic E-state index is 13.2. The fourth-order valence-electron chi connectivity index (χ4n) is 3.41. The van der Waals surface area contributed by atoms with Crippen molar-refractivity contribution in [2.75, 3.05) is 19.7 Å². The summed E-state index contributed by atoms with van der Waals surface area (Å²) in [5, 5.41) is 0. The molecule has 0 aromatic heterocycles. The quantitative estimate of drug-likeness (QED) is 0.515. The summed E-state index contributed by atoms with van der Waals surface area (Å²) in [5.41, 5.74) is 1.25. The number of esters is 1. The molecule has 1 amide bonds. The molecule has 0 unspecified atom stereocenters. The van der Waals surface area contributed by atoms with Crippen LogP contribution in [0.1, 0.15) is 46.0 Å². The van der Waals surface area contributed by atoms with Crippen molar-refractivity contribution in [1.29, 1.82) is 0 Å². The number of hydrogen-bond donors (Lipinski definition) is 0. The van der Waals surface area contributed by atoms with E-state index in [1.807, 2.05) is 0 Å². The van der Waals surface area contributed by atoms with E-state index in [9.17, 15) is 14.4 Å². The molecule has 1 aliphatic heterocycles. The molecule has 0 radical (unpaired) electrons. The molecule has 0 spiro atoms. The number of amides is 1. The van der Waals surface area contributed by atoms with E-state index in [4.69, 9.17) is 4.74 Å². The van der Waals surface area contributed by atoms with Gasteiger partial charge in [0.05, 0.1) is 18.1 Å². The Morgan fingerprint density at radius 2 is 1.75 bits per heavy atom. The van der Waals surface area contributed by atoms with Crippen LogP contribution >= 0.6 is 15.9 Å². The number of carbonyl (C=O) groups excluding carboxylic acids is 3. The summed E-state index contributed by atoms with van der Waals surface area (Å²) in [6, 6.07) is 13.9. The summed E-state index contributed by atoms with van der Waals surface area (Å²) in [6.07, 6.45) is 1.44. The number of nitrogens with zero attached hydrogens (tertiary/aromatic N) is 1. The van der Waals surface area contributed by atoms with Gasteiger partial charge in [0.15, 0.2) is 5.78 Å². The first-order chi connectivity index (χ1) is 13.5. The molecular weight excluding hydrogens is 422 g/mol. The third-order valence-electron chi connectivity index (χ3n) is 4.84. The molecule has 6 heteroatoms. The molecular formula is C22H22BrNO4. The molecule has 1 heterocycles. The molecule has 0 N–H and O–H groups in total. The highest BCUT2D eigenvalue weighted by atomic mass is 79.9. The summed E-state index contributed by atoms with van der Waals surface area (Å²) >= 11 is 3.36. The first kappa shape index (κ1) is 20.3. The van der Waals surface area contributed by atoms with E-state index in [1.54, 1.807) is 60.4 Å². The van der Waals surface area contributed by atoms with Crippen molar-refractivity contribution in [2.24, 2.45) is 5.92 Å². The maximum Gasteiger partial charge on any atom is 0.310 e. The third-order valence-corrected chi connectivity index (χ3v) is 5.37. The lowest BCUT2D eigenvalue weighted by Gasteiger charge is -2.32. The number of piperidine rings is 1. The molecule has 0 aliphatic carbocycles. The van der Waals surface area contributed by atoms with E-state index in [1.165, 1.54) is 0 Å². The predicted octanol–water partition coefficient (Wildman–Crippen LogP) is 4.10. The van der Waals surface area contributed by atoms with Crippen LogP contribution in [0.3, 0.4) is 0 Å². The first-order valence-electron chi connectivity index (χ1n) is 9.36. The van der Waals surface area contributed by atoms with Crippen molar-refractivity contribution in [1.82, 2.24) is 4.90 Å². The van der Waals surface area contributed by atoms with Gasteiger partial charge in [0.25, 0.3) is 5.91 Å². The fraction of sp³-hybridized carbons (Fsp3) is 0.318. The van der Waals surface area contributed by atoms with Gasteiger partial charge in [-0.25, -0.2) is 0 Å². The average Bonchev–Trinajstić information content (AvgIpc) is 2.73. The number of ether oxygens (including phenoxy) is 1. The Morgan fingerprint density at radius 3 is 2.43 bits per heavy atom. The molecule has 146 valence electrons. The zero-order valence-electron chi connectivity index (χ0n) is 15.7. The minimum absolute atomic E-state index is 0.199. The topological polar surface area (TPSA) is 63.7 Å². The van der Waals surface area contributed by atoms with E-state index in [0.29, 0.717) is 42.8 Å². The molecule has 1 saturated heterocycles. The molecule has 2 aromatic carbocycles. The largest absolute Gasteiger partial charge is 0.466 e. The number of rotatable bonds is 5. The van der Waals surface area contributed by atoms with Crippen LogP contribution in [0.4, 0.5) is 0 Å². The van der Waals surface area contributed by atoms with Gasteiger partial charge in [-0.1, -0.05) is 34.1 Å². The van der Waals surface area contributed by atoms with Crippen LogP contribution < -0.4 is 0 Å². The Morgan fingerprint density at radius 1 is 1.07 bits per heavy atom. The van der Waals surface area contributed by atoms with Gasteiger partial charge in [-0.15, -0.1) is 0 Å². The Hall–Kier alpha value is -2.47. The summed E-state index contributed by atoms with van der Waals surface area (Å²) in [6.45, 7) is 2.98. The smallest absolute Gasteiger partial charge is 0.310 e. The Bertz CT molecular complexity index is 878. The van der Waals surface area contributed by atoms with Gasteiger partial charge in [0.2, 0.25) is 0 Å². The molecule has 5 nitrogen and oxygen atoms in total. The second-order valence-corrected chi connectivity index (χ2v) is 7.64. The number of ketones is 1. The van der Waals surface area contributed by atoms with E-state index in [2.05, 4.69) is 15.9 Å². The van der Waals surface area contributed by atoms with Gasteiger partial charge in [-0.05, 0) is 50.1 Å². The summed E-state index contributed by atoms with van der Waals surface area (Å²) in [7, 11) is 0. The van der Waals surface area contributed by atoms with Gasteiger partial charge in [-0.2, -0.15) is 0 Å². The highest BCUT2D eigenvalue weighted by Crippen LogP contribution is 2.23. The minimum Gasteiger partial charge on any atom is -0.466 e. The number of hydrogen-bond acceptors (Lipinski definition) is 4. The predicted molar refractivity (Wildman–Crippen MR) is 109 cm³/mol. The lowest BCUT2D eigenvalue weighted by Crippen LogP contribution is -2.43. The molecule has 28 heavy (non-hydrogen) atoms. The molecule has 1 fully saturated rings. The molecule has 3 rings (SSSR count). The lowest BCUT2D eigenvalue weighted by atomic mass is 9.94. The number of carbonyl (C=O) groups is 3. The molecule has 0 saturated carbocycles. The van der Waals surface area contributed by atoms with Crippen molar-refractivity contribution in [2.45, 2.75) is 19.8 Å². The Kier molecular flexibility index (Phi) is 6.62. The second-order valence-electron chi connectivity index (χ2n) is 6.72. The van der Waals surface area contributed by atoms with E-state index in [-0.39, 0.29) is 23.6 Å². The summed E-state index contributed by atoms with van der Waals surface area (Å²) in [4.78, 5) is 39.8. The maximum atomic E-state index is 13.2.